The smallest absolute Gasteiger partial charge is 0.278 e. The highest BCUT2D eigenvalue weighted by Crippen LogP contribution is 2.26. The topological polar surface area (TPSA) is 59.8 Å². The van der Waals surface area contributed by atoms with Crippen LogP contribution in [0.25, 0.3) is 5.69 Å². The molecule has 0 fully saturated rings. The second-order valence-electron chi connectivity index (χ2n) is 5.60. The molecule has 0 bridgehead atoms. The van der Waals surface area contributed by atoms with E-state index in [1.807, 2.05) is 19.1 Å². The molecule has 134 valence electrons. The zero-order valence-electron chi connectivity index (χ0n) is 13.8. The third kappa shape index (κ3) is 4.01. The molecule has 1 aromatic heterocycles. The molecule has 0 saturated heterocycles. The minimum absolute atomic E-state index is 0.248. The monoisotopic (exact) mass is 408 g/mol. The van der Waals surface area contributed by atoms with Gasteiger partial charge in [0, 0.05) is 10.0 Å². The van der Waals surface area contributed by atoms with E-state index in [-0.39, 0.29) is 5.69 Å². The molecular weight excluding hydrogens is 395 g/mol. The number of nitrogens with one attached hydrogen (secondary N) is 1. The number of aromatic nitrogens is 3. The molecule has 0 spiro atoms. The van der Waals surface area contributed by atoms with Crippen LogP contribution in [0.1, 0.15) is 29.5 Å². The molecule has 3 aromatic rings. The first-order chi connectivity index (χ1) is 12.5. The van der Waals surface area contributed by atoms with Crippen LogP contribution in [0.15, 0.2) is 42.5 Å². The summed E-state index contributed by atoms with van der Waals surface area (Å²) >= 11 is 18.0. The van der Waals surface area contributed by atoms with Crippen molar-refractivity contribution in [2.24, 2.45) is 0 Å². The van der Waals surface area contributed by atoms with Crippen molar-refractivity contribution in [2.75, 3.05) is 5.32 Å². The van der Waals surface area contributed by atoms with Gasteiger partial charge in [-0.1, -0.05) is 53.4 Å². The van der Waals surface area contributed by atoms with E-state index in [9.17, 15) is 4.79 Å². The van der Waals surface area contributed by atoms with Crippen molar-refractivity contribution in [1.29, 1.82) is 0 Å². The summed E-state index contributed by atoms with van der Waals surface area (Å²) < 4.78 is 1.65. The normalized spacial score (nSPS) is 10.8. The van der Waals surface area contributed by atoms with Gasteiger partial charge in [-0.25, -0.2) is 4.68 Å². The van der Waals surface area contributed by atoms with E-state index >= 15 is 0 Å². The highest BCUT2D eigenvalue weighted by atomic mass is 35.5. The van der Waals surface area contributed by atoms with Crippen molar-refractivity contribution in [1.82, 2.24) is 15.0 Å². The van der Waals surface area contributed by atoms with E-state index in [1.165, 1.54) is 0 Å². The summed E-state index contributed by atoms with van der Waals surface area (Å²) in [5.74, 6) is -0.391. The third-order valence-corrected chi connectivity index (χ3v) is 4.53. The van der Waals surface area contributed by atoms with Crippen LogP contribution in [-0.4, -0.2) is 20.9 Å². The minimum atomic E-state index is -0.391. The van der Waals surface area contributed by atoms with Gasteiger partial charge in [0.1, 0.15) is 0 Å². The van der Waals surface area contributed by atoms with E-state index in [1.54, 1.807) is 35.0 Å². The number of hydrogen-bond donors (Lipinski definition) is 1. The van der Waals surface area contributed by atoms with Crippen LogP contribution in [0.5, 0.6) is 0 Å². The zero-order chi connectivity index (χ0) is 18.7. The summed E-state index contributed by atoms with van der Waals surface area (Å²) in [6.07, 6.45) is 1.47. The highest BCUT2D eigenvalue weighted by Gasteiger charge is 2.21. The molecule has 2 aromatic carbocycles. The molecule has 0 unspecified atom stereocenters. The molecule has 8 heteroatoms. The van der Waals surface area contributed by atoms with Crippen LogP contribution in [0.4, 0.5) is 5.69 Å². The van der Waals surface area contributed by atoms with Gasteiger partial charge in [0.2, 0.25) is 0 Å². The van der Waals surface area contributed by atoms with E-state index < -0.39 is 5.91 Å². The average molecular weight is 410 g/mol. The Kier molecular flexibility index (Phi) is 5.81. The first-order valence-corrected chi connectivity index (χ1v) is 9.10. The number of amides is 1. The predicted molar refractivity (Wildman–Crippen MR) is 105 cm³/mol. The fourth-order valence-electron chi connectivity index (χ4n) is 2.50. The van der Waals surface area contributed by atoms with Gasteiger partial charge in [-0.2, -0.15) is 0 Å². The van der Waals surface area contributed by atoms with Crippen molar-refractivity contribution in [3.8, 4) is 5.69 Å². The number of rotatable bonds is 5. The quantitative estimate of drug-likeness (QED) is 0.611. The van der Waals surface area contributed by atoms with Crippen LogP contribution >= 0.6 is 34.8 Å². The molecule has 0 radical (unpaired) electrons. The SMILES string of the molecule is CCCc1c(C(=O)Nc2cc(Cl)ccc2Cl)nnn1-c1ccc(Cl)cc1. The summed E-state index contributed by atoms with van der Waals surface area (Å²) in [5, 5.41) is 12.5. The molecule has 0 atom stereocenters. The summed E-state index contributed by atoms with van der Waals surface area (Å²) in [6, 6.07) is 12.0. The van der Waals surface area contributed by atoms with Crippen LogP contribution in [-0.2, 0) is 6.42 Å². The van der Waals surface area contributed by atoms with Gasteiger partial charge in [0.05, 0.1) is 22.1 Å². The van der Waals surface area contributed by atoms with Crippen LogP contribution < -0.4 is 5.32 Å². The molecule has 1 heterocycles. The van der Waals surface area contributed by atoms with Crippen molar-refractivity contribution in [3.63, 3.8) is 0 Å². The third-order valence-electron chi connectivity index (χ3n) is 3.71. The van der Waals surface area contributed by atoms with Gasteiger partial charge in [0.25, 0.3) is 5.91 Å². The Bertz CT molecular complexity index is 938. The van der Waals surface area contributed by atoms with Gasteiger partial charge in [-0.3, -0.25) is 4.79 Å². The second-order valence-corrected chi connectivity index (χ2v) is 6.88. The fraction of sp³-hybridized carbons (Fsp3) is 0.167. The molecule has 0 saturated carbocycles. The number of carbonyl (C=O) groups is 1. The van der Waals surface area contributed by atoms with Crippen molar-refractivity contribution in [2.45, 2.75) is 19.8 Å². The Morgan fingerprint density at radius 3 is 2.46 bits per heavy atom. The molecule has 0 aliphatic heterocycles. The Hall–Kier alpha value is -2.08. The summed E-state index contributed by atoms with van der Waals surface area (Å²) in [4.78, 5) is 12.7. The first kappa shape index (κ1) is 18.7. The molecule has 26 heavy (non-hydrogen) atoms. The Labute approximate surface area is 165 Å². The number of anilines is 1. The molecule has 0 aliphatic carbocycles. The average Bonchev–Trinajstić information content (AvgIpc) is 3.03. The maximum atomic E-state index is 12.7. The lowest BCUT2D eigenvalue weighted by molar-refractivity contribution is 0.102. The van der Waals surface area contributed by atoms with Gasteiger partial charge in [-0.15, -0.1) is 5.10 Å². The lowest BCUT2D eigenvalue weighted by atomic mass is 10.2. The Balaban J connectivity index is 1.95. The number of benzene rings is 2. The summed E-state index contributed by atoms with van der Waals surface area (Å²) in [7, 11) is 0. The molecule has 0 aliphatic rings. The molecule has 5 nitrogen and oxygen atoms in total. The Morgan fingerprint density at radius 1 is 1.08 bits per heavy atom. The van der Waals surface area contributed by atoms with E-state index in [4.69, 9.17) is 34.8 Å². The van der Waals surface area contributed by atoms with Gasteiger partial charge >= 0.3 is 0 Å². The van der Waals surface area contributed by atoms with E-state index in [2.05, 4.69) is 15.6 Å². The van der Waals surface area contributed by atoms with Crippen LogP contribution in [0, 0.1) is 0 Å². The highest BCUT2D eigenvalue weighted by molar-refractivity contribution is 6.35. The number of nitrogens with zero attached hydrogens (tertiary/aromatic N) is 3. The maximum Gasteiger partial charge on any atom is 0.278 e. The lowest BCUT2D eigenvalue weighted by Gasteiger charge is -2.09. The lowest BCUT2D eigenvalue weighted by Crippen LogP contribution is -2.16. The molecule has 1 amide bonds. The number of carbonyl (C=O) groups excluding carboxylic acids is 1. The maximum absolute atomic E-state index is 12.7. The van der Waals surface area contributed by atoms with Crippen molar-refractivity contribution in [3.05, 3.63) is 68.9 Å². The van der Waals surface area contributed by atoms with E-state index in [0.717, 1.165) is 12.1 Å². The second kappa shape index (κ2) is 8.08. The number of halogens is 3. The van der Waals surface area contributed by atoms with E-state index in [0.29, 0.717) is 32.9 Å². The Morgan fingerprint density at radius 2 is 1.77 bits per heavy atom. The van der Waals surface area contributed by atoms with Gasteiger partial charge in [0.15, 0.2) is 5.69 Å². The number of hydrogen-bond acceptors (Lipinski definition) is 3. The molecular formula is C18H15Cl3N4O. The molecule has 3 rings (SSSR count). The van der Waals surface area contributed by atoms with Crippen molar-refractivity contribution < 1.29 is 4.79 Å². The fourth-order valence-corrected chi connectivity index (χ4v) is 2.97. The molecule has 1 N–H and O–H groups in total. The van der Waals surface area contributed by atoms with Crippen LogP contribution in [0.2, 0.25) is 15.1 Å². The van der Waals surface area contributed by atoms with Crippen molar-refractivity contribution >= 4 is 46.4 Å². The predicted octanol–water partition coefficient (Wildman–Crippen LogP) is 5.43. The first-order valence-electron chi connectivity index (χ1n) is 7.96. The van der Waals surface area contributed by atoms with Crippen LogP contribution in [0.3, 0.4) is 0 Å². The minimum Gasteiger partial charge on any atom is -0.319 e. The zero-order valence-corrected chi connectivity index (χ0v) is 16.1. The standard InChI is InChI=1S/C18H15Cl3N4O/c1-2-3-16-17(18(26)22-15-10-12(20)6-9-14(15)21)23-24-25(16)13-7-4-11(19)5-8-13/h4-10H,2-3H2,1H3,(H,22,26). The van der Waals surface area contributed by atoms with Gasteiger partial charge in [-0.05, 0) is 48.9 Å². The van der Waals surface area contributed by atoms with Gasteiger partial charge < -0.3 is 5.32 Å². The summed E-state index contributed by atoms with van der Waals surface area (Å²) in [5.41, 5.74) is 2.17. The largest absolute Gasteiger partial charge is 0.319 e. The summed E-state index contributed by atoms with van der Waals surface area (Å²) in [6.45, 7) is 2.02.